The van der Waals surface area contributed by atoms with E-state index >= 15 is 0 Å². The van der Waals surface area contributed by atoms with Crippen LogP contribution in [0.25, 0.3) is 0 Å². The Bertz CT molecular complexity index is 636. The van der Waals surface area contributed by atoms with Crippen LogP contribution in [0.3, 0.4) is 0 Å². The lowest BCUT2D eigenvalue weighted by Gasteiger charge is -2.07. The number of nitrogens with one attached hydrogen (secondary N) is 2. The molecule has 0 saturated heterocycles. The number of amides is 2. The number of urea groups is 1. The molecule has 0 aromatic carbocycles. The van der Waals surface area contributed by atoms with Crippen molar-refractivity contribution < 1.29 is 19.1 Å². The van der Waals surface area contributed by atoms with Crippen LogP contribution in [-0.2, 0) is 6.54 Å². The summed E-state index contributed by atoms with van der Waals surface area (Å²) in [6.45, 7) is 1.87. The van der Waals surface area contributed by atoms with Crippen molar-refractivity contribution >= 4 is 17.7 Å². The van der Waals surface area contributed by atoms with E-state index in [-0.39, 0.29) is 12.3 Å². The van der Waals surface area contributed by atoms with Crippen molar-refractivity contribution in [3.8, 4) is 0 Å². The molecule has 2 aromatic rings. The summed E-state index contributed by atoms with van der Waals surface area (Å²) in [6.07, 6.45) is 1.63. The van der Waals surface area contributed by atoms with Crippen LogP contribution in [0.2, 0.25) is 0 Å². The highest BCUT2D eigenvalue weighted by Gasteiger charge is 2.10. The second-order valence-electron chi connectivity index (χ2n) is 4.02. The number of aryl methyl sites for hydroxylation is 1. The molecule has 0 aliphatic rings. The smallest absolute Gasteiger partial charge is 0.371 e. The largest absolute Gasteiger partial charge is 0.475 e. The Hall–Kier alpha value is -2.83. The van der Waals surface area contributed by atoms with Crippen molar-refractivity contribution in [2.45, 2.75) is 13.5 Å². The molecule has 2 aromatic heterocycles. The summed E-state index contributed by atoms with van der Waals surface area (Å²) >= 11 is 0. The zero-order valence-corrected chi connectivity index (χ0v) is 10.7. The summed E-state index contributed by atoms with van der Waals surface area (Å²) in [5.41, 5.74) is 1.31. The molecule has 0 fully saturated rings. The van der Waals surface area contributed by atoms with Crippen LogP contribution in [0.4, 0.5) is 10.5 Å². The van der Waals surface area contributed by atoms with Gasteiger partial charge in [0, 0.05) is 6.20 Å². The minimum absolute atomic E-state index is 0.0957. The number of pyridine rings is 1. The van der Waals surface area contributed by atoms with Gasteiger partial charge in [-0.05, 0) is 31.2 Å². The van der Waals surface area contributed by atoms with Gasteiger partial charge in [-0.1, -0.05) is 0 Å². The number of hydrogen-bond donors (Lipinski definition) is 3. The van der Waals surface area contributed by atoms with Crippen LogP contribution in [0.5, 0.6) is 0 Å². The molecule has 2 amide bonds. The molecular formula is C13H13N3O4. The highest BCUT2D eigenvalue weighted by Crippen LogP contribution is 2.10. The van der Waals surface area contributed by atoms with Crippen molar-refractivity contribution in [2.75, 3.05) is 5.32 Å². The van der Waals surface area contributed by atoms with E-state index in [1.54, 1.807) is 25.3 Å². The second-order valence-corrected chi connectivity index (χ2v) is 4.02. The first-order chi connectivity index (χ1) is 9.56. The number of nitrogens with zero attached hydrogens (tertiary/aromatic N) is 1. The van der Waals surface area contributed by atoms with Crippen molar-refractivity contribution in [1.29, 1.82) is 0 Å². The number of anilines is 1. The summed E-state index contributed by atoms with van der Waals surface area (Å²) in [4.78, 5) is 26.3. The van der Waals surface area contributed by atoms with Crippen molar-refractivity contribution in [1.82, 2.24) is 10.3 Å². The fourth-order valence-electron chi connectivity index (χ4n) is 1.54. The number of aromatic nitrogens is 1. The lowest BCUT2D eigenvalue weighted by Crippen LogP contribution is -2.28. The Morgan fingerprint density at radius 1 is 1.35 bits per heavy atom. The molecule has 0 unspecified atom stereocenters. The number of carbonyl (C=O) groups is 2. The first kappa shape index (κ1) is 13.6. The lowest BCUT2D eigenvalue weighted by atomic mass is 10.3. The van der Waals surface area contributed by atoms with Crippen LogP contribution < -0.4 is 10.6 Å². The van der Waals surface area contributed by atoms with Gasteiger partial charge in [-0.2, -0.15) is 0 Å². The fraction of sp³-hybridized carbons (Fsp3) is 0.154. The Labute approximate surface area is 114 Å². The highest BCUT2D eigenvalue weighted by atomic mass is 16.4. The number of carbonyl (C=O) groups excluding carboxylic acids is 1. The molecule has 0 aliphatic heterocycles. The third-order valence-electron chi connectivity index (χ3n) is 2.55. The summed E-state index contributed by atoms with van der Waals surface area (Å²) in [7, 11) is 0. The average Bonchev–Trinajstić information content (AvgIpc) is 2.88. The molecule has 2 rings (SSSR count). The minimum Gasteiger partial charge on any atom is -0.475 e. The molecule has 7 nitrogen and oxygen atoms in total. The summed E-state index contributed by atoms with van der Waals surface area (Å²) in [5, 5.41) is 13.9. The van der Waals surface area contributed by atoms with E-state index in [0.29, 0.717) is 17.1 Å². The van der Waals surface area contributed by atoms with Crippen LogP contribution in [0.1, 0.15) is 22.0 Å². The first-order valence-corrected chi connectivity index (χ1v) is 5.85. The summed E-state index contributed by atoms with van der Waals surface area (Å²) < 4.78 is 5.02. The van der Waals surface area contributed by atoms with Crippen LogP contribution in [-0.4, -0.2) is 22.1 Å². The molecule has 3 N–H and O–H groups in total. The van der Waals surface area contributed by atoms with Gasteiger partial charge in [0.2, 0.25) is 5.76 Å². The minimum atomic E-state index is -1.15. The van der Waals surface area contributed by atoms with Gasteiger partial charge in [-0.3, -0.25) is 4.98 Å². The SMILES string of the molecule is Cc1ncccc1NC(=O)NCc1ccc(C(=O)O)o1. The number of furan rings is 1. The third kappa shape index (κ3) is 3.35. The van der Waals surface area contributed by atoms with Crippen molar-refractivity contribution in [2.24, 2.45) is 0 Å². The van der Waals surface area contributed by atoms with E-state index < -0.39 is 12.0 Å². The van der Waals surface area contributed by atoms with E-state index in [2.05, 4.69) is 15.6 Å². The van der Waals surface area contributed by atoms with E-state index in [4.69, 9.17) is 9.52 Å². The molecular weight excluding hydrogens is 262 g/mol. The molecule has 0 saturated carbocycles. The number of carboxylic acid groups (broad SMARTS) is 1. The van der Waals surface area contributed by atoms with Crippen LogP contribution in [0, 0.1) is 6.92 Å². The standard InChI is InChI=1S/C13H13N3O4/c1-8-10(3-2-6-14-8)16-13(19)15-7-9-4-5-11(20-9)12(17)18/h2-6H,7H2,1H3,(H,17,18)(H2,15,16,19). The van der Waals surface area contributed by atoms with E-state index in [1.807, 2.05) is 0 Å². The van der Waals surface area contributed by atoms with Crippen LogP contribution in [0.15, 0.2) is 34.9 Å². The van der Waals surface area contributed by atoms with Crippen LogP contribution >= 0.6 is 0 Å². The number of carboxylic acids is 1. The van der Waals surface area contributed by atoms with E-state index in [1.165, 1.54) is 12.1 Å². The highest BCUT2D eigenvalue weighted by molar-refractivity contribution is 5.89. The van der Waals surface area contributed by atoms with Crippen molar-refractivity contribution in [3.05, 3.63) is 47.7 Å². The van der Waals surface area contributed by atoms with Gasteiger partial charge >= 0.3 is 12.0 Å². The predicted octanol–water partition coefficient (Wildman–Crippen LogP) is 2.00. The van der Waals surface area contributed by atoms with Gasteiger partial charge in [-0.25, -0.2) is 9.59 Å². The van der Waals surface area contributed by atoms with Gasteiger partial charge < -0.3 is 20.2 Å². The molecule has 104 valence electrons. The first-order valence-electron chi connectivity index (χ1n) is 5.85. The zero-order chi connectivity index (χ0) is 14.5. The molecule has 20 heavy (non-hydrogen) atoms. The topological polar surface area (TPSA) is 104 Å². The predicted molar refractivity (Wildman–Crippen MR) is 70.5 cm³/mol. The molecule has 0 spiro atoms. The summed E-state index contributed by atoms with van der Waals surface area (Å²) in [6, 6.07) is 5.86. The maximum Gasteiger partial charge on any atom is 0.371 e. The Morgan fingerprint density at radius 2 is 2.15 bits per heavy atom. The van der Waals surface area contributed by atoms with E-state index in [0.717, 1.165) is 0 Å². The average molecular weight is 275 g/mol. The van der Waals surface area contributed by atoms with Crippen molar-refractivity contribution in [3.63, 3.8) is 0 Å². The quantitative estimate of drug-likeness (QED) is 0.791. The van der Waals surface area contributed by atoms with Gasteiger partial charge in [0.15, 0.2) is 0 Å². The molecule has 0 atom stereocenters. The maximum atomic E-state index is 11.7. The Morgan fingerprint density at radius 3 is 2.80 bits per heavy atom. The maximum absolute atomic E-state index is 11.7. The Balaban J connectivity index is 1.89. The molecule has 0 aliphatic carbocycles. The van der Waals surface area contributed by atoms with Gasteiger partial charge in [0.1, 0.15) is 5.76 Å². The number of aromatic carboxylic acids is 1. The molecule has 7 heteroatoms. The monoisotopic (exact) mass is 275 g/mol. The van der Waals surface area contributed by atoms with Gasteiger partial charge in [-0.15, -0.1) is 0 Å². The third-order valence-corrected chi connectivity index (χ3v) is 2.55. The van der Waals surface area contributed by atoms with E-state index in [9.17, 15) is 9.59 Å². The fourth-order valence-corrected chi connectivity index (χ4v) is 1.54. The number of rotatable bonds is 4. The normalized spacial score (nSPS) is 10.1. The molecule has 0 bridgehead atoms. The summed E-state index contributed by atoms with van der Waals surface area (Å²) in [5.74, 6) is -0.947. The number of hydrogen-bond acceptors (Lipinski definition) is 4. The van der Waals surface area contributed by atoms with Gasteiger partial charge in [0.05, 0.1) is 17.9 Å². The van der Waals surface area contributed by atoms with Gasteiger partial charge in [0.25, 0.3) is 0 Å². The lowest BCUT2D eigenvalue weighted by molar-refractivity contribution is 0.0660. The zero-order valence-electron chi connectivity index (χ0n) is 10.7. The Kier molecular flexibility index (Phi) is 3.99. The second kappa shape index (κ2) is 5.87. The molecule has 0 radical (unpaired) electrons. The molecule has 2 heterocycles.